The summed E-state index contributed by atoms with van der Waals surface area (Å²) in [5, 5.41) is 0. The van der Waals surface area contributed by atoms with E-state index in [2.05, 4.69) is 93.6 Å². The normalized spacial score (nSPS) is 11.0. The Balaban J connectivity index is 2.09. The number of unbranched alkanes of at least 4 members (excludes halogenated alkanes) is 6. The van der Waals surface area contributed by atoms with E-state index in [1.807, 2.05) is 0 Å². The largest absolute Gasteiger partial charge is 0.493 e. The second kappa shape index (κ2) is 17.0. The predicted octanol–water partition coefficient (Wildman–Crippen LogP) is 9.49. The zero-order valence-electron chi connectivity index (χ0n) is 23.0. The second-order valence-corrected chi connectivity index (χ2v) is 11.3. The molecule has 0 fully saturated rings. The van der Waals surface area contributed by atoms with E-state index in [0.717, 1.165) is 54.2 Å². The molecule has 0 bridgehead atoms. The molecule has 0 heterocycles. The van der Waals surface area contributed by atoms with Gasteiger partial charge >= 0.3 is 0 Å². The Morgan fingerprint density at radius 3 is 1.32 bits per heavy atom. The Labute approximate surface area is 227 Å². The summed E-state index contributed by atoms with van der Waals surface area (Å²) in [6, 6.07) is 25.7. The van der Waals surface area contributed by atoms with Crippen molar-refractivity contribution in [2.24, 2.45) is 0 Å². The molecule has 37 heavy (non-hydrogen) atoms. The lowest BCUT2D eigenvalue weighted by atomic mass is 10.2. The molecule has 4 heteroatoms. The van der Waals surface area contributed by atoms with Crippen LogP contribution in [0.3, 0.4) is 0 Å². The molecule has 0 amide bonds. The molecule has 0 atom stereocenters. The summed E-state index contributed by atoms with van der Waals surface area (Å²) in [7, 11) is -0.375. The molecule has 0 aliphatic heterocycles. The second-order valence-electron chi connectivity index (χ2n) is 9.35. The number of rotatable bonds is 18. The van der Waals surface area contributed by atoms with E-state index >= 15 is 0 Å². The summed E-state index contributed by atoms with van der Waals surface area (Å²) < 4.78 is 19.3. The van der Waals surface area contributed by atoms with E-state index in [9.17, 15) is 0 Å². The molecule has 3 nitrogen and oxygen atoms in total. The van der Waals surface area contributed by atoms with Crippen molar-refractivity contribution in [1.29, 1.82) is 0 Å². The fraction of sp³-hybridized carbons (Fsp3) is 0.455. The maximum absolute atomic E-state index is 6.55. The van der Waals surface area contributed by atoms with Crippen molar-refractivity contribution in [3.63, 3.8) is 0 Å². The molecule has 0 spiro atoms. The number of ether oxygens (including phenoxy) is 3. The molecular formula is C33H45O3S+. The highest BCUT2D eigenvalue weighted by Crippen LogP contribution is 2.45. The Bertz CT molecular complexity index is 934. The van der Waals surface area contributed by atoms with Gasteiger partial charge in [0.15, 0.2) is 21.3 Å². The van der Waals surface area contributed by atoms with Crippen molar-refractivity contribution >= 4 is 10.9 Å². The van der Waals surface area contributed by atoms with Gasteiger partial charge in [-0.25, -0.2) is 0 Å². The Morgan fingerprint density at radius 2 is 0.919 bits per heavy atom. The van der Waals surface area contributed by atoms with Gasteiger partial charge in [-0.05, 0) is 43.5 Å². The molecule has 3 rings (SSSR count). The Hall–Kier alpha value is -2.59. The van der Waals surface area contributed by atoms with Crippen LogP contribution in [0.15, 0.2) is 87.5 Å². The highest BCUT2D eigenvalue weighted by atomic mass is 32.2. The average Bonchev–Trinajstić information content (AvgIpc) is 2.94. The highest BCUT2D eigenvalue weighted by molar-refractivity contribution is 7.97. The van der Waals surface area contributed by atoms with Crippen molar-refractivity contribution in [2.45, 2.75) is 93.2 Å². The van der Waals surface area contributed by atoms with Gasteiger partial charge in [0.25, 0.3) is 0 Å². The van der Waals surface area contributed by atoms with Crippen LogP contribution in [0.2, 0.25) is 0 Å². The van der Waals surface area contributed by atoms with Gasteiger partial charge in [0.2, 0.25) is 4.90 Å². The lowest BCUT2D eigenvalue weighted by Gasteiger charge is -2.19. The Morgan fingerprint density at radius 1 is 0.514 bits per heavy atom. The molecule has 0 saturated heterocycles. The zero-order valence-corrected chi connectivity index (χ0v) is 23.9. The molecule has 3 aromatic rings. The minimum Gasteiger partial charge on any atom is -0.493 e. The third kappa shape index (κ3) is 9.34. The maximum Gasteiger partial charge on any atom is 0.250 e. The topological polar surface area (TPSA) is 27.7 Å². The summed E-state index contributed by atoms with van der Waals surface area (Å²) >= 11 is 0. The van der Waals surface area contributed by atoms with Crippen LogP contribution in [0.4, 0.5) is 0 Å². The van der Waals surface area contributed by atoms with Crippen LogP contribution >= 0.6 is 0 Å². The molecule has 0 aromatic heterocycles. The summed E-state index contributed by atoms with van der Waals surface area (Å²) in [5.41, 5.74) is 0. The average molecular weight is 522 g/mol. The van der Waals surface area contributed by atoms with E-state index in [0.29, 0.717) is 19.8 Å². The molecule has 0 saturated carbocycles. The summed E-state index contributed by atoms with van der Waals surface area (Å²) in [6.45, 7) is 8.75. The maximum atomic E-state index is 6.55. The van der Waals surface area contributed by atoms with Crippen LogP contribution in [-0.4, -0.2) is 19.8 Å². The van der Waals surface area contributed by atoms with Crippen LogP contribution < -0.4 is 14.2 Å². The third-order valence-corrected chi connectivity index (χ3v) is 8.48. The van der Waals surface area contributed by atoms with Crippen LogP contribution in [0, 0.1) is 0 Å². The van der Waals surface area contributed by atoms with Crippen molar-refractivity contribution in [3.8, 4) is 17.2 Å². The predicted molar refractivity (Wildman–Crippen MR) is 157 cm³/mol. The molecule has 0 aliphatic carbocycles. The first kappa shape index (κ1) is 29.0. The molecular weight excluding hydrogens is 476 g/mol. The number of hydrogen-bond acceptors (Lipinski definition) is 3. The van der Waals surface area contributed by atoms with Crippen LogP contribution in [0.1, 0.15) is 78.6 Å². The van der Waals surface area contributed by atoms with Gasteiger partial charge in [0.05, 0.1) is 19.8 Å². The summed E-state index contributed by atoms with van der Waals surface area (Å²) in [4.78, 5) is 3.62. The Kier molecular flexibility index (Phi) is 13.3. The minimum atomic E-state index is -0.375. The SMILES string of the molecule is CCCCCOc1cc(OCCCCC)c([S+](c2ccccc2)c2ccccc2)c(OCCCCC)c1. The van der Waals surface area contributed by atoms with Crippen molar-refractivity contribution in [2.75, 3.05) is 19.8 Å². The number of benzene rings is 3. The fourth-order valence-corrected chi connectivity index (χ4v) is 6.39. The molecule has 3 aromatic carbocycles. The van der Waals surface area contributed by atoms with Crippen molar-refractivity contribution in [3.05, 3.63) is 72.8 Å². The quantitative estimate of drug-likeness (QED) is 0.123. The zero-order chi connectivity index (χ0) is 26.1. The highest BCUT2D eigenvalue weighted by Gasteiger charge is 2.37. The monoisotopic (exact) mass is 521 g/mol. The van der Waals surface area contributed by atoms with Crippen LogP contribution in [-0.2, 0) is 10.9 Å². The molecule has 0 aliphatic rings. The first-order chi connectivity index (χ1) is 18.3. The first-order valence-electron chi connectivity index (χ1n) is 14.2. The smallest absolute Gasteiger partial charge is 0.250 e. The van der Waals surface area contributed by atoms with Gasteiger partial charge < -0.3 is 14.2 Å². The summed E-state index contributed by atoms with van der Waals surface area (Å²) in [6.07, 6.45) is 10.1. The van der Waals surface area contributed by atoms with Gasteiger partial charge in [0.1, 0.15) is 16.6 Å². The van der Waals surface area contributed by atoms with Crippen molar-refractivity contribution < 1.29 is 14.2 Å². The van der Waals surface area contributed by atoms with Crippen LogP contribution in [0.25, 0.3) is 0 Å². The van der Waals surface area contributed by atoms with Crippen molar-refractivity contribution in [1.82, 2.24) is 0 Å². The first-order valence-corrected chi connectivity index (χ1v) is 15.4. The van der Waals surface area contributed by atoms with E-state index in [1.165, 1.54) is 35.5 Å². The molecule has 0 radical (unpaired) electrons. The standard InChI is InChI=1S/C33H45O3S/c1-4-7-16-23-34-28-26-31(35-24-17-8-5-2)33(32(27-28)36-25-18-9-6-3)37(29-19-12-10-13-20-29)30-21-14-11-15-22-30/h10-15,19-22,26-27H,4-9,16-18,23-25H2,1-3H3/q+1. The molecule has 0 unspecified atom stereocenters. The lowest BCUT2D eigenvalue weighted by molar-refractivity contribution is 0.267. The molecule has 200 valence electrons. The van der Waals surface area contributed by atoms with Gasteiger partial charge in [-0.1, -0.05) is 95.7 Å². The van der Waals surface area contributed by atoms with E-state index < -0.39 is 0 Å². The number of hydrogen-bond donors (Lipinski definition) is 0. The van der Waals surface area contributed by atoms with Crippen LogP contribution in [0.5, 0.6) is 17.2 Å². The third-order valence-electron chi connectivity index (χ3n) is 6.18. The van der Waals surface area contributed by atoms with Gasteiger partial charge in [-0.15, -0.1) is 0 Å². The lowest BCUT2D eigenvalue weighted by Crippen LogP contribution is -2.12. The van der Waals surface area contributed by atoms with E-state index in [1.54, 1.807) is 0 Å². The van der Waals surface area contributed by atoms with Gasteiger partial charge in [-0.2, -0.15) is 0 Å². The minimum absolute atomic E-state index is 0.375. The molecule has 0 N–H and O–H groups in total. The fourth-order valence-electron chi connectivity index (χ4n) is 4.15. The van der Waals surface area contributed by atoms with E-state index in [4.69, 9.17) is 14.2 Å². The van der Waals surface area contributed by atoms with Gasteiger partial charge in [-0.3, -0.25) is 0 Å². The van der Waals surface area contributed by atoms with E-state index in [-0.39, 0.29) is 10.9 Å². The summed E-state index contributed by atoms with van der Waals surface area (Å²) in [5.74, 6) is 2.59. The van der Waals surface area contributed by atoms with Gasteiger partial charge in [0, 0.05) is 12.1 Å².